The molecule has 1 atom stereocenters. The molecule has 0 radical (unpaired) electrons. The number of anilines is 1. The average molecular weight is 277 g/mol. The number of piperazine rings is 1. The molecule has 1 fully saturated rings. The Kier molecular flexibility index (Phi) is 5.26. The molecule has 0 aromatic heterocycles. The average Bonchev–Trinajstić information content (AvgIpc) is 2.49. The molecule has 1 aliphatic heterocycles. The van der Waals surface area contributed by atoms with E-state index in [1.54, 1.807) is 7.11 Å². The van der Waals surface area contributed by atoms with Crippen LogP contribution in [0.3, 0.4) is 0 Å². The lowest BCUT2D eigenvalue weighted by atomic mass is 10.1. The van der Waals surface area contributed by atoms with Crippen molar-refractivity contribution in [1.29, 1.82) is 0 Å². The SMILES string of the molecule is CCC(C)N1CCN(Cc2cc(OC)ccc2N)CC1. The first-order chi connectivity index (χ1) is 9.63. The Bertz CT molecular complexity index is 428. The summed E-state index contributed by atoms with van der Waals surface area (Å²) in [4.78, 5) is 5.05. The maximum atomic E-state index is 6.07. The van der Waals surface area contributed by atoms with Gasteiger partial charge in [-0.2, -0.15) is 0 Å². The van der Waals surface area contributed by atoms with Crippen LogP contribution in [-0.2, 0) is 6.54 Å². The number of nitrogens with zero attached hydrogens (tertiary/aromatic N) is 2. The Morgan fingerprint density at radius 3 is 2.55 bits per heavy atom. The van der Waals surface area contributed by atoms with Crippen molar-refractivity contribution in [2.45, 2.75) is 32.9 Å². The summed E-state index contributed by atoms with van der Waals surface area (Å²) in [6.07, 6.45) is 1.23. The molecular weight excluding hydrogens is 250 g/mol. The largest absolute Gasteiger partial charge is 0.497 e. The molecule has 2 rings (SSSR count). The summed E-state index contributed by atoms with van der Waals surface area (Å²) in [6.45, 7) is 10.0. The Balaban J connectivity index is 1.92. The molecule has 1 aliphatic rings. The Morgan fingerprint density at radius 2 is 1.95 bits per heavy atom. The number of nitrogens with two attached hydrogens (primary N) is 1. The van der Waals surface area contributed by atoms with Crippen molar-refractivity contribution < 1.29 is 4.74 Å². The number of methoxy groups -OCH3 is 1. The van der Waals surface area contributed by atoms with E-state index in [1.807, 2.05) is 12.1 Å². The number of benzene rings is 1. The van der Waals surface area contributed by atoms with Crippen LogP contribution in [0.1, 0.15) is 25.8 Å². The van der Waals surface area contributed by atoms with Gasteiger partial charge in [-0.3, -0.25) is 9.80 Å². The van der Waals surface area contributed by atoms with Gasteiger partial charge in [0.05, 0.1) is 7.11 Å². The summed E-state index contributed by atoms with van der Waals surface area (Å²) < 4.78 is 5.28. The molecular formula is C16H27N3O. The van der Waals surface area contributed by atoms with Crippen LogP contribution in [0.15, 0.2) is 18.2 Å². The predicted octanol–water partition coefficient (Wildman–Crippen LogP) is 2.19. The first-order valence-corrected chi connectivity index (χ1v) is 7.52. The monoisotopic (exact) mass is 277 g/mol. The first kappa shape index (κ1) is 15.1. The van der Waals surface area contributed by atoms with Crippen LogP contribution >= 0.6 is 0 Å². The number of nitrogen functional groups attached to an aromatic ring is 1. The maximum Gasteiger partial charge on any atom is 0.119 e. The fraction of sp³-hybridized carbons (Fsp3) is 0.625. The molecule has 0 aliphatic carbocycles. The van der Waals surface area contributed by atoms with Crippen LogP contribution in [0.2, 0.25) is 0 Å². The third-order valence-corrected chi connectivity index (χ3v) is 4.37. The molecule has 0 bridgehead atoms. The van der Waals surface area contributed by atoms with Crippen molar-refractivity contribution in [2.75, 3.05) is 39.0 Å². The lowest BCUT2D eigenvalue weighted by Gasteiger charge is -2.38. The van der Waals surface area contributed by atoms with E-state index in [1.165, 1.54) is 12.0 Å². The summed E-state index contributed by atoms with van der Waals surface area (Å²) in [7, 11) is 1.69. The van der Waals surface area contributed by atoms with Crippen molar-refractivity contribution in [1.82, 2.24) is 9.80 Å². The van der Waals surface area contributed by atoms with E-state index in [-0.39, 0.29) is 0 Å². The van der Waals surface area contributed by atoms with Crippen molar-refractivity contribution >= 4 is 5.69 Å². The first-order valence-electron chi connectivity index (χ1n) is 7.52. The number of hydrogen-bond acceptors (Lipinski definition) is 4. The Morgan fingerprint density at radius 1 is 1.25 bits per heavy atom. The van der Waals surface area contributed by atoms with Gasteiger partial charge in [0.15, 0.2) is 0 Å². The van der Waals surface area contributed by atoms with E-state index in [4.69, 9.17) is 10.5 Å². The van der Waals surface area contributed by atoms with Crippen LogP contribution in [-0.4, -0.2) is 49.1 Å². The second-order valence-electron chi connectivity index (χ2n) is 5.63. The number of hydrogen-bond donors (Lipinski definition) is 1. The molecule has 0 spiro atoms. The van der Waals surface area contributed by atoms with Gasteiger partial charge >= 0.3 is 0 Å². The van der Waals surface area contributed by atoms with Crippen molar-refractivity contribution in [3.8, 4) is 5.75 Å². The minimum atomic E-state index is 0.694. The van der Waals surface area contributed by atoms with Crippen molar-refractivity contribution in [3.63, 3.8) is 0 Å². The van der Waals surface area contributed by atoms with E-state index < -0.39 is 0 Å². The summed E-state index contributed by atoms with van der Waals surface area (Å²) in [5.41, 5.74) is 8.09. The van der Waals surface area contributed by atoms with Gasteiger partial charge in [-0.15, -0.1) is 0 Å². The molecule has 112 valence electrons. The molecule has 20 heavy (non-hydrogen) atoms. The molecule has 1 saturated heterocycles. The molecule has 1 aromatic carbocycles. The minimum Gasteiger partial charge on any atom is -0.497 e. The fourth-order valence-corrected chi connectivity index (χ4v) is 2.71. The second kappa shape index (κ2) is 6.95. The smallest absolute Gasteiger partial charge is 0.119 e. The van der Waals surface area contributed by atoms with E-state index in [0.29, 0.717) is 6.04 Å². The molecule has 0 amide bonds. The molecule has 1 aromatic rings. The fourth-order valence-electron chi connectivity index (χ4n) is 2.71. The molecule has 1 unspecified atom stereocenters. The minimum absolute atomic E-state index is 0.694. The second-order valence-corrected chi connectivity index (χ2v) is 5.63. The zero-order chi connectivity index (χ0) is 14.5. The van der Waals surface area contributed by atoms with E-state index in [9.17, 15) is 0 Å². The van der Waals surface area contributed by atoms with Gasteiger partial charge in [0.25, 0.3) is 0 Å². The van der Waals surface area contributed by atoms with Crippen molar-refractivity contribution in [2.24, 2.45) is 0 Å². The summed E-state index contributed by atoms with van der Waals surface area (Å²) in [5, 5.41) is 0. The molecule has 4 heteroatoms. The standard InChI is InChI=1S/C16H27N3O/c1-4-13(2)19-9-7-18(8-10-19)12-14-11-15(20-3)5-6-16(14)17/h5-6,11,13H,4,7-10,12,17H2,1-3H3. The Hall–Kier alpha value is -1.26. The van der Waals surface area contributed by atoms with Gasteiger partial charge in [0, 0.05) is 44.5 Å². The highest BCUT2D eigenvalue weighted by Crippen LogP contribution is 2.21. The van der Waals surface area contributed by atoms with Gasteiger partial charge in [-0.25, -0.2) is 0 Å². The molecule has 2 N–H and O–H groups in total. The third-order valence-electron chi connectivity index (χ3n) is 4.37. The van der Waals surface area contributed by atoms with Gasteiger partial charge in [-0.05, 0) is 37.1 Å². The molecule has 4 nitrogen and oxygen atoms in total. The molecule has 1 heterocycles. The highest BCUT2D eigenvalue weighted by atomic mass is 16.5. The Labute approximate surface area is 122 Å². The van der Waals surface area contributed by atoms with Crippen LogP contribution in [0.25, 0.3) is 0 Å². The lowest BCUT2D eigenvalue weighted by molar-refractivity contribution is 0.0964. The topological polar surface area (TPSA) is 41.7 Å². The zero-order valence-corrected chi connectivity index (χ0v) is 12.9. The van der Waals surface area contributed by atoms with E-state index in [0.717, 1.165) is 44.2 Å². The number of ether oxygens (including phenoxy) is 1. The van der Waals surface area contributed by atoms with Crippen LogP contribution in [0.5, 0.6) is 5.75 Å². The van der Waals surface area contributed by atoms with Crippen LogP contribution in [0, 0.1) is 0 Å². The highest BCUT2D eigenvalue weighted by Gasteiger charge is 2.20. The normalized spacial score (nSPS) is 18.9. The van der Waals surface area contributed by atoms with Gasteiger partial charge in [-0.1, -0.05) is 6.92 Å². The zero-order valence-electron chi connectivity index (χ0n) is 12.9. The van der Waals surface area contributed by atoms with Crippen molar-refractivity contribution in [3.05, 3.63) is 23.8 Å². The molecule has 0 saturated carbocycles. The number of rotatable bonds is 5. The van der Waals surface area contributed by atoms with E-state index >= 15 is 0 Å². The quantitative estimate of drug-likeness (QED) is 0.838. The van der Waals surface area contributed by atoms with Gasteiger partial charge in [0.1, 0.15) is 5.75 Å². The van der Waals surface area contributed by atoms with Gasteiger partial charge in [0.2, 0.25) is 0 Å². The summed E-state index contributed by atoms with van der Waals surface area (Å²) in [6, 6.07) is 6.60. The summed E-state index contributed by atoms with van der Waals surface area (Å²) in [5.74, 6) is 0.882. The third kappa shape index (κ3) is 3.64. The summed E-state index contributed by atoms with van der Waals surface area (Å²) >= 11 is 0. The highest BCUT2D eigenvalue weighted by molar-refractivity contribution is 5.50. The lowest BCUT2D eigenvalue weighted by Crippen LogP contribution is -2.49. The van der Waals surface area contributed by atoms with Crippen LogP contribution < -0.4 is 10.5 Å². The predicted molar refractivity (Wildman–Crippen MR) is 84.0 cm³/mol. The van der Waals surface area contributed by atoms with Gasteiger partial charge < -0.3 is 10.5 Å². The maximum absolute atomic E-state index is 6.07. The van der Waals surface area contributed by atoms with E-state index in [2.05, 4.69) is 29.7 Å². The van der Waals surface area contributed by atoms with Crippen LogP contribution in [0.4, 0.5) is 5.69 Å².